The molecular weight excluding hydrogens is 338 g/mol. The van der Waals surface area contributed by atoms with Gasteiger partial charge in [0.25, 0.3) is 0 Å². The Bertz CT molecular complexity index is 860. The summed E-state index contributed by atoms with van der Waals surface area (Å²) in [7, 11) is -0.784. The van der Waals surface area contributed by atoms with Gasteiger partial charge in [0.2, 0.25) is 5.36 Å². The first-order valence-corrected chi connectivity index (χ1v) is 8.75. The van der Waals surface area contributed by atoms with Gasteiger partial charge in [-0.2, -0.15) is 0 Å². The first-order valence-electron chi connectivity index (χ1n) is 6.70. The molecule has 0 saturated carbocycles. The molecule has 122 valence electrons. The monoisotopic (exact) mass is 353 g/mol. The fourth-order valence-corrected chi connectivity index (χ4v) is 3.30. The Morgan fingerprint density at radius 1 is 0.913 bits per heavy atom. The van der Waals surface area contributed by atoms with Gasteiger partial charge >= 0.3 is 0 Å². The molecule has 0 aromatic heterocycles. The number of hydrogen-bond acceptors (Lipinski definition) is 5. The molecule has 0 atom stereocenters. The van der Waals surface area contributed by atoms with Crippen molar-refractivity contribution >= 4 is 21.4 Å². The zero-order valence-electron chi connectivity index (χ0n) is 12.9. The quantitative estimate of drug-likeness (QED) is 0.366. The van der Waals surface area contributed by atoms with Crippen LogP contribution in [0, 0.1) is 17.2 Å². The third-order valence-electron chi connectivity index (χ3n) is 3.21. The van der Waals surface area contributed by atoms with Gasteiger partial charge in [0, 0.05) is 21.7 Å². The van der Waals surface area contributed by atoms with Crippen molar-refractivity contribution in [3.63, 3.8) is 0 Å². The van der Waals surface area contributed by atoms with Gasteiger partial charge in [-0.15, -0.1) is 21.6 Å². The lowest BCUT2D eigenvalue weighted by Gasteiger charge is -2.17. The maximum atomic E-state index is 8.49. The number of halogens is 1. The van der Waals surface area contributed by atoms with Crippen molar-refractivity contribution in [2.75, 3.05) is 14.1 Å². The van der Waals surface area contributed by atoms with E-state index in [4.69, 9.17) is 18.6 Å². The minimum Gasteiger partial charge on any atom is -0.235 e. The normalized spacial score (nSPS) is 11.3. The van der Waals surface area contributed by atoms with Crippen molar-refractivity contribution in [3.05, 3.63) is 53.4 Å². The van der Waals surface area contributed by atoms with Crippen molar-refractivity contribution in [3.8, 4) is 10.4 Å². The molecule has 0 unspecified atom stereocenters. The van der Waals surface area contributed by atoms with E-state index >= 15 is 0 Å². The zero-order chi connectivity index (χ0) is 17.2. The summed E-state index contributed by atoms with van der Waals surface area (Å²) in [6, 6.07) is 15.6. The Labute approximate surface area is 140 Å². The molecule has 1 aliphatic carbocycles. The van der Waals surface area contributed by atoms with Crippen LogP contribution < -0.4 is 28.6 Å². The minimum absolute atomic E-state index is 1.26. The Kier molecular flexibility index (Phi) is 5.36. The van der Waals surface area contributed by atoms with Crippen molar-refractivity contribution < 1.29 is 28.9 Å². The molecule has 0 radical (unpaired) electrons. The summed E-state index contributed by atoms with van der Waals surface area (Å²) < 4.78 is 37.5. The summed E-state index contributed by atoms with van der Waals surface area (Å²) in [6.07, 6.45) is 0. The molecule has 5 nitrogen and oxygen atoms in total. The van der Waals surface area contributed by atoms with Crippen LogP contribution in [-0.4, -0.2) is 14.1 Å². The lowest BCUT2D eigenvalue weighted by Crippen LogP contribution is -2.68. The van der Waals surface area contributed by atoms with Gasteiger partial charge in [-0.1, -0.05) is 12.1 Å². The molecule has 23 heavy (non-hydrogen) atoms. The van der Waals surface area contributed by atoms with Crippen LogP contribution in [0.25, 0.3) is 20.5 Å². The van der Waals surface area contributed by atoms with Crippen LogP contribution in [0.1, 0.15) is 5.56 Å². The van der Waals surface area contributed by atoms with E-state index in [1.54, 1.807) is 0 Å². The predicted molar refractivity (Wildman–Crippen MR) is 80.3 cm³/mol. The van der Waals surface area contributed by atoms with Crippen LogP contribution in [0.2, 0.25) is 0 Å². The smallest absolute Gasteiger partial charge is 0.200 e. The van der Waals surface area contributed by atoms with Gasteiger partial charge in [-0.3, -0.25) is 0 Å². The molecule has 1 heterocycles. The molecule has 0 fully saturated rings. The van der Waals surface area contributed by atoms with Gasteiger partial charge in [0.05, 0.1) is 0 Å². The second-order valence-electron chi connectivity index (χ2n) is 5.28. The molecule has 2 aliphatic rings. The summed E-state index contributed by atoms with van der Waals surface area (Å²) in [5.74, 6) is 0. The van der Waals surface area contributed by atoms with Crippen LogP contribution in [0.4, 0.5) is 0 Å². The topological polar surface area (TPSA) is 95.2 Å². The number of aryl methyl sites for hydroxylation is 1. The fraction of sp³-hybridized carbons (Fsp3) is 0.188. The molecule has 0 N–H and O–H groups in total. The van der Waals surface area contributed by atoms with Crippen LogP contribution in [-0.2, 0) is 0 Å². The molecule has 0 bridgehead atoms. The minimum atomic E-state index is -4.94. The summed E-state index contributed by atoms with van der Waals surface area (Å²) in [5.41, 5.74) is 2.64. The van der Waals surface area contributed by atoms with Gasteiger partial charge in [-0.05, 0) is 41.6 Å². The highest BCUT2D eigenvalue weighted by Crippen LogP contribution is 2.32. The van der Waals surface area contributed by atoms with Crippen molar-refractivity contribution in [2.24, 2.45) is 0 Å². The second kappa shape index (κ2) is 6.92. The van der Waals surface area contributed by atoms with E-state index in [1.165, 1.54) is 31.4 Å². The molecule has 0 saturated heterocycles. The number of nitrogens with zero attached hydrogens (tertiary/aromatic N) is 1. The molecule has 0 spiro atoms. The van der Waals surface area contributed by atoms with Crippen LogP contribution in [0.5, 0.6) is 0 Å². The number of fused-ring (bicyclic) bond motifs is 2. The lowest BCUT2D eigenvalue weighted by molar-refractivity contribution is -2.00. The van der Waals surface area contributed by atoms with E-state index in [9.17, 15) is 0 Å². The SMILES string of the molecule is Cc1ccc2cc3ccc(=[N+](C)C)cc-3sc2c1.[O-][Cl+3]([O-])([O-])[O-]. The van der Waals surface area contributed by atoms with Gasteiger partial charge in [0.15, 0.2) is 0 Å². The van der Waals surface area contributed by atoms with E-state index in [0.717, 1.165) is 0 Å². The highest BCUT2D eigenvalue weighted by molar-refractivity contribution is 7.21. The molecule has 0 amide bonds. The van der Waals surface area contributed by atoms with Crippen LogP contribution >= 0.6 is 11.3 Å². The molecule has 3 rings (SSSR count). The predicted octanol–water partition coefficient (Wildman–Crippen LogP) is -1.41. The molecule has 1 aromatic rings. The van der Waals surface area contributed by atoms with E-state index < -0.39 is 10.2 Å². The summed E-state index contributed by atoms with van der Waals surface area (Å²) in [4.78, 5) is 1.35. The average Bonchev–Trinajstić information content (AvgIpc) is 2.42. The molecule has 1 aromatic carbocycles. The second-order valence-corrected chi connectivity index (χ2v) is 7.12. The van der Waals surface area contributed by atoms with E-state index in [1.807, 2.05) is 11.3 Å². The lowest BCUT2D eigenvalue weighted by atomic mass is 10.1. The molecule has 7 heteroatoms. The molecular formula is C16H16ClNO4S. The maximum absolute atomic E-state index is 8.49. The van der Waals surface area contributed by atoms with Crippen molar-refractivity contribution in [2.45, 2.75) is 6.92 Å². The first-order chi connectivity index (χ1) is 10.6. The number of rotatable bonds is 0. The fourth-order valence-electron chi connectivity index (χ4n) is 2.14. The molecule has 1 aliphatic heterocycles. The Morgan fingerprint density at radius 3 is 2.17 bits per heavy atom. The summed E-state index contributed by atoms with van der Waals surface area (Å²) >= 11 is 1.87. The van der Waals surface area contributed by atoms with E-state index in [-0.39, 0.29) is 0 Å². The zero-order valence-corrected chi connectivity index (χ0v) is 14.5. The summed E-state index contributed by atoms with van der Waals surface area (Å²) in [6.45, 7) is 2.15. The first kappa shape index (κ1) is 17.8. The van der Waals surface area contributed by atoms with Crippen LogP contribution in [0.15, 0.2) is 42.5 Å². The van der Waals surface area contributed by atoms with Gasteiger partial charge in [-0.25, -0.2) is 23.2 Å². The Morgan fingerprint density at radius 2 is 1.57 bits per heavy atom. The highest BCUT2D eigenvalue weighted by atomic mass is 35.7. The van der Waals surface area contributed by atoms with E-state index in [0.29, 0.717) is 0 Å². The Hall–Kier alpha value is -1.54. The highest BCUT2D eigenvalue weighted by Gasteiger charge is 2.06. The standard InChI is InChI=1S/C16H16NS.ClHO4/c1-11-4-5-12-9-13-6-7-14(17(2)3)10-16(13)18-15(12)8-11;2-1(3,4)5/h4-10H,1-3H3;(H,2,3,4,5)/q+1;/p-1. The largest absolute Gasteiger partial charge is 0.235 e. The third-order valence-corrected chi connectivity index (χ3v) is 4.36. The van der Waals surface area contributed by atoms with Gasteiger partial charge in [0.1, 0.15) is 14.1 Å². The Balaban J connectivity index is 0.000000338. The summed E-state index contributed by atoms with van der Waals surface area (Å²) in [5, 5.41) is 2.58. The van der Waals surface area contributed by atoms with Crippen LogP contribution in [0.3, 0.4) is 0 Å². The maximum Gasteiger partial charge on any atom is 0.200 e. The average molecular weight is 354 g/mol. The van der Waals surface area contributed by atoms with Crippen molar-refractivity contribution in [1.82, 2.24) is 4.58 Å². The van der Waals surface area contributed by atoms with E-state index in [2.05, 4.69) is 68.1 Å². The van der Waals surface area contributed by atoms with Gasteiger partial charge < -0.3 is 0 Å². The number of hydrogen-bond donors (Lipinski definition) is 0. The van der Waals surface area contributed by atoms with Crippen molar-refractivity contribution in [1.29, 1.82) is 0 Å². The number of benzene rings is 2. The third kappa shape index (κ3) is 5.24.